The first-order chi connectivity index (χ1) is 15.5. The van der Waals surface area contributed by atoms with E-state index in [0.717, 1.165) is 4.57 Å². The van der Waals surface area contributed by atoms with E-state index in [-0.39, 0.29) is 28.4 Å². The first-order valence-corrected chi connectivity index (χ1v) is 10.2. The summed E-state index contributed by atoms with van der Waals surface area (Å²) in [6.45, 7) is 2.46. The van der Waals surface area contributed by atoms with Crippen molar-refractivity contribution in [3.63, 3.8) is 0 Å². The van der Waals surface area contributed by atoms with Gasteiger partial charge in [-0.25, -0.2) is 4.98 Å². The molecule has 0 aliphatic carbocycles. The summed E-state index contributed by atoms with van der Waals surface area (Å²) in [5.41, 5.74) is 0.965. The normalized spacial score (nSPS) is 11.6. The summed E-state index contributed by atoms with van der Waals surface area (Å²) >= 11 is 0. The molecule has 7 nitrogen and oxygen atoms in total. The Hall–Kier alpha value is -3.69. The Labute approximate surface area is 187 Å². The van der Waals surface area contributed by atoms with E-state index in [9.17, 15) is 27.6 Å². The van der Waals surface area contributed by atoms with Crippen LogP contribution in [0.1, 0.15) is 36.5 Å². The molecule has 3 rings (SSSR count). The van der Waals surface area contributed by atoms with E-state index in [0.29, 0.717) is 12.1 Å². The van der Waals surface area contributed by atoms with Crippen LogP contribution >= 0.6 is 0 Å². The van der Waals surface area contributed by atoms with E-state index in [4.69, 9.17) is 4.74 Å². The molecule has 0 aliphatic rings. The number of amides is 1. The highest BCUT2D eigenvalue weighted by Crippen LogP contribution is 2.31. The van der Waals surface area contributed by atoms with Crippen molar-refractivity contribution >= 4 is 34.4 Å². The van der Waals surface area contributed by atoms with Crippen molar-refractivity contribution in [3.05, 3.63) is 59.9 Å². The number of imidazole rings is 1. The number of halogens is 3. The van der Waals surface area contributed by atoms with Crippen LogP contribution in [0.15, 0.2) is 48.5 Å². The minimum absolute atomic E-state index is 0.0919. The number of para-hydroxylation sites is 2. The third-order valence-corrected chi connectivity index (χ3v) is 4.64. The van der Waals surface area contributed by atoms with Crippen LogP contribution in [0.4, 0.5) is 18.9 Å². The predicted octanol–water partition coefficient (Wildman–Crippen LogP) is 4.47. The summed E-state index contributed by atoms with van der Waals surface area (Å²) in [4.78, 5) is 39.9. The number of fused-ring (bicyclic) bond motifs is 1. The molecule has 1 amide bonds. The number of carbonyl (C=O) groups is 3. The Bertz CT molecular complexity index is 1170. The zero-order valence-corrected chi connectivity index (χ0v) is 18.0. The number of Topliss-reactive ketones (excluding diaryl/α,β-unsaturated/α-hetero) is 1. The van der Waals surface area contributed by atoms with Gasteiger partial charge in [0.15, 0.2) is 12.4 Å². The van der Waals surface area contributed by atoms with Crippen LogP contribution in [0.2, 0.25) is 0 Å². The fourth-order valence-electron chi connectivity index (χ4n) is 3.18. The van der Waals surface area contributed by atoms with E-state index in [1.54, 1.807) is 12.1 Å². The zero-order chi connectivity index (χ0) is 24.2. The first kappa shape index (κ1) is 24.0. The van der Waals surface area contributed by atoms with Crippen LogP contribution in [-0.2, 0) is 27.0 Å². The lowest BCUT2D eigenvalue weighted by molar-refractivity contribution is -0.150. The second kappa shape index (κ2) is 9.85. The van der Waals surface area contributed by atoms with Crippen molar-refractivity contribution in [1.29, 1.82) is 0 Å². The molecule has 174 valence electrons. The van der Waals surface area contributed by atoms with Gasteiger partial charge in [-0.15, -0.1) is 0 Å². The largest absolute Gasteiger partial charge is 0.456 e. The van der Waals surface area contributed by atoms with Gasteiger partial charge in [-0.2, -0.15) is 13.2 Å². The van der Waals surface area contributed by atoms with E-state index in [2.05, 4.69) is 10.3 Å². The maximum absolute atomic E-state index is 13.3. The number of esters is 1. The van der Waals surface area contributed by atoms with Gasteiger partial charge in [0.25, 0.3) is 0 Å². The molecule has 1 heterocycles. The van der Waals surface area contributed by atoms with Gasteiger partial charge in [0.1, 0.15) is 6.54 Å². The van der Waals surface area contributed by atoms with Crippen molar-refractivity contribution in [2.45, 2.75) is 33.0 Å². The highest BCUT2D eigenvalue weighted by atomic mass is 19.4. The Kier molecular flexibility index (Phi) is 7.15. The molecule has 0 radical (unpaired) electrons. The van der Waals surface area contributed by atoms with Gasteiger partial charge >= 0.3 is 12.1 Å². The van der Waals surface area contributed by atoms with Crippen molar-refractivity contribution in [2.24, 2.45) is 5.92 Å². The molecule has 0 atom stereocenters. The smallest absolute Gasteiger partial charge is 0.449 e. The average Bonchev–Trinajstić information content (AvgIpc) is 3.11. The van der Waals surface area contributed by atoms with E-state index < -0.39 is 36.9 Å². The number of rotatable bonds is 8. The quantitative estimate of drug-likeness (QED) is 0.395. The van der Waals surface area contributed by atoms with Gasteiger partial charge in [-0.3, -0.25) is 14.4 Å². The molecule has 33 heavy (non-hydrogen) atoms. The average molecular weight is 461 g/mol. The fourth-order valence-corrected chi connectivity index (χ4v) is 3.18. The molecule has 0 fully saturated rings. The lowest BCUT2D eigenvalue weighted by atomic mass is 10.1. The number of anilines is 1. The van der Waals surface area contributed by atoms with Crippen LogP contribution in [-0.4, -0.2) is 33.8 Å². The number of aromatic nitrogens is 2. The molecule has 2 aromatic carbocycles. The van der Waals surface area contributed by atoms with Crippen molar-refractivity contribution in [2.75, 3.05) is 11.9 Å². The lowest BCUT2D eigenvalue weighted by Gasteiger charge is -2.11. The van der Waals surface area contributed by atoms with Gasteiger partial charge in [0.05, 0.1) is 11.0 Å². The number of benzene rings is 2. The Balaban J connectivity index is 1.61. The summed E-state index contributed by atoms with van der Waals surface area (Å²) in [5.74, 6) is -2.71. The molecule has 1 N–H and O–H groups in total. The van der Waals surface area contributed by atoms with Crippen LogP contribution in [0.5, 0.6) is 0 Å². The van der Waals surface area contributed by atoms with Crippen LogP contribution in [0.3, 0.4) is 0 Å². The number of carbonyl (C=O) groups excluding carboxylic acids is 3. The van der Waals surface area contributed by atoms with E-state index in [1.165, 1.54) is 36.4 Å². The van der Waals surface area contributed by atoms with Crippen LogP contribution in [0, 0.1) is 5.92 Å². The molecule has 1 aromatic heterocycles. The summed E-state index contributed by atoms with van der Waals surface area (Å²) in [6, 6.07) is 11.9. The first-order valence-electron chi connectivity index (χ1n) is 10.2. The fraction of sp³-hybridized carbons (Fsp3) is 0.304. The number of ketones is 1. The molecule has 10 heteroatoms. The Morgan fingerprint density at radius 1 is 1.06 bits per heavy atom. The number of ether oxygens (including phenoxy) is 1. The van der Waals surface area contributed by atoms with Gasteiger partial charge in [0, 0.05) is 17.7 Å². The number of alkyl halides is 3. The lowest BCUT2D eigenvalue weighted by Crippen LogP contribution is -2.22. The van der Waals surface area contributed by atoms with Gasteiger partial charge in [-0.05, 0) is 42.3 Å². The highest BCUT2D eigenvalue weighted by molar-refractivity contribution is 5.99. The number of hydrogen-bond donors (Lipinski definition) is 1. The molecular weight excluding hydrogens is 439 g/mol. The molecule has 0 aliphatic heterocycles. The minimum Gasteiger partial charge on any atom is -0.456 e. The maximum atomic E-state index is 13.3. The van der Waals surface area contributed by atoms with Crippen molar-refractivity contribution in [3.8, 4) is 0 Å². The maximum Gasteiger partial charge on any atom is 0.449 e. The molecule has 0 unspecified atom stereocenters. The van der Waals surface area contributed by atoms with Gasteiger partial charge in [-0.1, -0.05) is 26.0 Å². The number of nitrogens with zero attached hydrogens (tertiary/aromatic N) is 2. The predicted molar refractivity (Wildman–Crippen MR) is 115 cm³/mol. The van der Waals surface area contributed by atoms with Crippen molar-refractivity contribution < 1.29 is 32.3 Å². The Morgan fingerprint density at radius 2 is 1.73 bits per heavy atom. The topological polar surface area (TPSA) is 90.3 Å². The highest BCUT2D eigenvalue weighted by Gasteiger charge is 2.38. The van der Waals surface area contributed by atoms with Crippen molar-refractivity contribution in [1.82, 2.24) is 9.55 Å². The summed E-state index contributed by atoms with van der Waals surface area (Å²) in [6.07, 6.45) is -4.40. The van der Waals surface area contributed by atoms with Gasteiger partial charge in [0.2, 0.25) is 11.7 Å². The van der Waals surface area contributed by atoms with E-state index >= 15 is 0 Å². The molecule has 0 spiro atoms. The second-order valence-corrected chi connectivity index (χ2v) is 7.82. The number of hydrogen-bond acceptors (Lipinski definition) is 5. The second-order valence-electron chi connectivity index (χ2n) is 7.82. The standard InChI is InChI=1S/C23H22F3N3O4/c1-14(2)11-20(31)27-16-9-7-15(8-10-16)19(30)13-33-21(32)12-29-18-6-4-3-5-17(18)28-22(29)23(24,25)26/h3-10,14H,11-13H2,1-2H3,(H,27,31). The van der Waals surface area contributed by atoms with Crippen LogP contribution < -0.4 is 5.32 Å². The molecular formula is C23H22F3N3O4. The third-order valence-electron chi connectivity index (χ3n) is 4.64. The molecule has 0 saturated heterocycles. The molecule has 0 bridgehead atoms. The number of nitrogens with one attached hydrogen (secondary N) is 1. The molecule has 0 saturated carbocycles. The third kappa shape index (κ3) is 6.18. The zero-order valence-electron chi connectivity index (χ0n) is 18.0. The summed E-state index contributed by atoms with van der Waals surface area (Å²) in [7, 11) is 0. The molecule has 3 aromatic rings. The van der Waals surface area contributed by atoms with Gasteiger partial charge < -0.3 is 14.6 Å². The monoisotopic (exact) mass is 461 g/mol. The summed E-state index contributed by atoms with van der Waals surface area (Å²) < 4.78 is 45.6. The summed E-state index contributed by atoms with van der Waals surface area (Å²) in [5, 5.41) is 2.71. The minimum atomic E-state index is -4.76. The Morgan fingerprint density at radius 3 is 2.36 bits per heavy atom. The van der Waals surface area contributed by atoms with Crippen LogP contribution in [0.25, 0.3) is 11.0 Å². The SMILES string of the molecule is CC(C)CC(=O)Nc1ccc(C(=O)COC(=O)Cn2c(C(F)(F)F)nc3ccccc32)cc1. The van der Waals surface area contributed by atoms with E-state index in [1.807, 2.05) is 13.8 Å².